The average molecular weight is 152 g/mol. The molecule has 0 spiro atoms. The Kier molecular flexibility index (Phi) is 1.71. The van der Waals surface area contributed by atoms with Crippen molar-refractivity contribution >= 4 is 0 Å². The molecule has 0 aliphatic carbocycles. The van der Waals surface area contributed by atoms with E-state index in [1.54, 1.807) is 0 Å². The molecule has 1 aliphatic heterocycles. The Balaban J connectivity index is 2.38. The third-order valence-corrected chi connectivity index (χ3v) is 0.687. The lowest BCUT2D eigenvalue weighted by molar-refractivity contribution is -0.304. The van der Waals surface area contributed by atoms with Crippen molar-refractivity contribution in [3.63, 3.8) is 0 Å². The van der Waals surface area contributed by atoms with E-state index in [2.05, 4.69) is 22.1 Å². The highest BCUT2D eigenvalue weighted by Crippen LogP contribution is 2.21. The van der Waals surface area contributed by atoms with E-state index in [1.807, 2.05) is 0 Å². The van der Waals surface area contributed by atoms with Crippen molar-refractivity contribution in [2.75, 3.05) is 0 Å². The first-order chi connectivity index (χ1) is 4.58. The Labute approximate surface area is 54.8 Å². The van der Waals surface area contributed by atoms with Crippen LogP contribution < -0.4 is 10.9 Å². The van der Waals surface area contributed by atoms with E-state index < -0.39 is 12.1 Å². The zero-order valence-electron chi connectivity index (χ0n) is 4.62. The molecular weight excluding hydrogens is 149 g/mol. The van der Waals surface area contributed by atoms with E-state index in [9.17, 15) is 13.2 Å². The second kappa shape index (κ2) is 2.37. The number of hydrogen-bond donors (Lipinski definition) is 2. The lowest BCUT2D eigenvalue weighted by Crippen LogP contribution is -2.17. The third kappa shape index (κ3) is 2.14. The van der Waals surface area contributed by atoms with Gasteiger partial charge >= 0.3 is 6.36 Å². The minimum Gasteiger partial charge on any atom is -0.406 e. The molecule has 0 aromatic rings. The van der Waals surface area contributed by atoms with E-state index in [1.165, 1.54) is 0 Å². The summed E-state index contributed by atoms with van der Waals surface area (Å²) < 4.78 is 37.5. The van der Waals surface area contributed by atoms with Gasteiger partial charge in [-0.25, -0.2) is 5.43 Å². The summed E-state index contributed by atoms with van der Waals surface area (Å²) in [6, 6.07) is 0. The van der Waals surface area contributed by atoms with E-state index in [0.29, 0.717) is 0 Å². The van der Waals surface area contributed by atoms with Gasteiger partial charge in [-0.1, -0.05) is 0 Å². The zero-order valence-corrected chi connectivity index (χ0v) is 4.62. The molecule has 0 fully saturated rings. The summed E-state index contributed by atoms with van der Waals surface area (Å²) in [5, 5.41) is 0. The van der Waals surface area contributed by atoms with Crippen molar-refractivity contribution in [3.8, 4) is 0 Å². The molecule has 0 aromatic carbocycles. The summed E-state index contributed by atoms with van der Waals surface area (Å²) in [4.78, 5) is 0. The summed E-state index contributed by atoms with van der Waals surface area (Å²) >= 11 is 0. The van der Waals surface area contributed by atoms with Gasteiger partial charge in [-0.2, -0.15) is 0 Å². The van der Waals surface area contributed by atoms with Crippen molar-refractivity contribution in [2.45, 2.75) is 6.36 Å². The van der Waals surface area contributed by atoms with Crippen LogP contribution in [0, 0.1) is 6.54 Å². The monoisotopic (exact) mass is 152 g/mol. The fourth-order valence-corrected chi connectivity index (χ4v) is 0.415. The van der Waals surface area contributed by atoms with Crippen LogP contribution in [0.1, 0.15) is 0 Å². The van der Waals surface area contributed by atoms with Gasteiger partial charge in [0.1, 0.15) is 0 Å². The highest BCUT2D eigenvalue weighted by atomic mass is 19.4. The van der Waals surface area contributed by atoms with Crippen molar-refractivity contribution in [1.29, 1.82) is 0 Å². The second-order valence-corrected chi connectivity index (χ2v) is 1.45. The number of ether oxygens (including phenoxy) is 1. The van der Waals surface area contributed by atoms with Gasteiger partial charge in [0.05, 0.1) is 6.20 Å². The molecule has 56 valence electrons. The van der Waals surface area contributed by atoms with Crippen LogP contribution in [0.15, 0.2) is 12.0 Å². The predicted octanol–water partition coefficient (Wildman–Crippen LogP) is 0.511. The maximum Gasteiger partial charge on any atom is 0.572 e. The molecule has 1 heterocycles. The van der Waals surface area contributed by atoms with Gasteiger partial charge in [-0.3, -0.25) is 0 Å². The van der Waals surface area contributed by atoms with Crippen LogP contribution in [0.3, 0.4) is 0 Å². The largest absolute Gasteiger partial charge is 0.572 e. The van der Waals surface area contributed by atoms with Gasteiger partial charge in [-0.15, -0.1) is 13.2 Å². The molecule has 0 bridgehead atoms. The second-order valence-electron chi connectivity index (χ2n) is 1.45. The van der Waals surface area contributed by atoms with Gasteiger partial charge in [0.2, 0.25) is 0 Å². The van der Waals surface area contributed by atoms with E-state index in [0.717, 1.165) is 6.20 Å². The summed E-state index contributed by atoms with van der Waals surface area (Å²) in [5.74, 6) is -0.410. The standard InChI is InChI=1S/C4H3F3N2O/c5-4(6,7)10-3-1-8-9-2-3/h1,8-9H. The fourth-order valence-electron chi connectivity index (χ4n) is 0.415. The molecule has 1 rings (SSSR count). The summed E-state index contributed by atoms with van der Waals surface area (Å²) in [5.41, 5.74) is 4.42. The van der Waals surface area contributed by atoms with Crippen molar-refractivity contribution in [1.82, 2.24) is 10.9 Å². The van der Waals surface area contributed by atoms with E-state index in [-0.39, 0.29) is 0 Å². The van der Waals surface area contributed by atoms with Gasteiger partial charge in [-0.05, 0) is 0 Å². The number of hydrogen-bond acceptors (Lipinski definition) is 3. The normalized spacial score (nSPS) is 18.1. The maximum atomic E-state index is 11.3. The number of nitrogens with one attached hydrogen (secondary N) is 2. The highest BCUT2D eigenvalue weighted by Gasteiger charge is 2.32. The lowest BCUT2D eigenvalue weighted by atomic mass is 10.6. The molecule has 0 saturated carbocycles. The smallest absolute Gasteiger partial charge is 0.406 e. The average Bonchev–Trinajstić information content (AvgIpc) is 2.12. The van der Waals surface area contributed by atoms with Gasteiger partial charge < -0.3 is 10.2 Å². The molecule has 0 aromatic heterocycles. The number of hydrazine groups is 1. The van der Waals surface area contributed by atoms with Crippen LogP contribution in [0.25, 0.3) is 0 Å². The molecule has 0 unspecified atom stereocenters. The van der Waals surface area contributed by atoms with Crippen LogP contribution in [-0.4, -0.2) is 6.36 Å². The lowest BCUT2D eigenvalue weighted by Gasteiger charge is -2.06. The van der Waals surface area contributed by atoms with E-state index >= 15 is 0 Å². The van der Waals surface area contributed by atoms with Crippen LogP contribution in [0.2, 0.25) is 0 Å². The van der Waals surface area contributed by atoms with Crippen LogP contribution in [0.5, 0.6) is 0 Å². The minimum absolute atomic E-state index is 0.410. The number of alkyl halides is 3. The Morgan fingerprint density at radius 2 is 2.20 bits per heavy atom. The molecule has 10 heavy (non-hydrogen) atoms. The van der Waals surface area contributed by atoms with Gasteiger partial charge in [0.15, 0.2) is 12.3 Å². The SMILES string of the molecule is FC(F)(F)OC1=CNN[C]1. The molecule has 6 heteroatoms. The number of halogens is 3. The fraction of sp³-hybridized carbons (Fsp3) is 0.250. The zero-order chi connectivity index (χ0) is 7.61. The Bertz CT molecular complexity index is 153. The van der Waals surface area contributed by atoms with E-state index in [4.69, 9.17) is 0 Å². The minimum atomic E-state index is -4.65. The molecule has 2 radical (unpaired) electrons. The highest BCUT2D eigenvalue weighted by molar-refractivity contribution is 5.07. The van der Waals surface area contributed by atoms with Crippen molar-refractivity contribution in [3.05, 3.63) is 18.5 Å². The van der Waals surface area contributed by atoms with Crippen LogP contribution in [0.4, 0.5) is 13.2 Å². The Morgan fingerprint density at radius 3 is 2.60 bits per heavy atom. The first kappa shape index (κ1) is 7.20. The van der Waals surface area contributed by atoms with Crippen molar-refractivity contribution in [2.24, 2.45) is 0 Å². The van der Waals surface area contributed by atoms with Crippen molar-refractivity contribution < 1.29 is 17.9 Å². The summed E-state index contributed by atoms with van der Waals surface area (Å²) in [7, 11) is 0. The van der Waals surface area contributed by atoms with Gasteiger partial charge in [0, 0.05) is 0 Å². The summed E-state index contributed by atoms with van der Waals surface area (Å²) in [6.07, 6.45) is -3.64. The molecule has 2 N–H and O–H groups in total. The van der Waals surface area contributed by atoms with Crippen LogP contribution in [-0.2, 0) is 4.74 Å². The molecule has 1 aliphatic rings. The Morgan fingerprint density at radius 1 is 1.50 bits per heavy atom. The molecule has 0 saturated heterocycles. The molecular formula is C4H3F3N2O. The molecule has 3 nitrogen and oxygen atoms in total. The topological polar surface area (TPSA) is 33.3 Å². The third-order valence-electron chi connectivity index (χ3n) is 0.687. The summed E-state index contributed by atoms with van der Waals surface area (Å²) in [6.45, 7) is 2.07. The molecule has 0 atom stereocenters. The number of rotatable bonds is 1. The van der Waals surface area contributed by atoms with Crippen LogP contribution >= 0.6 is 0 Å². The maximum absolute atomic E-state index is 11.3. The predicted molar refractivity (Wildman–Crippen MR) is 24.7 cm³/mol. The quantitative estimate of drug-likeness (QED) is 0.574. The Hall–Kier alpha value is -0.910. The first-order valence-electron chi connectivity index (χ1n) is 2.30. The molecule has 0 amide bonds. The first-order valence-corrected chi connectivity index (χ1v) is 2.30. The van der Waals surface area contributed by atoms with Gasteiger partial charge in [0.25, 0.3) is 0 Å².